The Morgan fingerprint density at radius 2 is 2.24 bits per heavy atom. The van der Waals surface area contributed by atoms with E-state index >= 15 is 0 Å². The number of benzene rings is 1. The maximum absolute atomic E-state index is 9.18. The van der Waals surface area contributed by atoms with Crippen LogP contribution in [-0.2, 0) is 6.54 Å². The Morgan fingerprint density at radius 3 is 2.88 bits per heavy atom. The average Bonchev–Trinajstić information content (AvgIpc) is 2.35. The molecule has 1 rings (SSSR count). The molecule has 0 saturated heterocycles. The molecule has 0 aromatic heterocycles. The summed E-state index contributed by atoms with van der Waals surface area (Å²) < 4.78 is 5.47. The lowest BCUT2D eigenvalue weighted by Crippen LogP contribution is -2.95. The Morgan fingerprint density at radius 1 is 1.47 bits per heavy atom. The van der Waals surface area contributed by atoms with Crippen molar-refractivity contribution < 1.29 is 15.2 Å². The largest absolute Gasteiger partial charge is 0.490 e. The molecule has 1 aromatic carbocycles. The molecule has 94 valence electrons. The van der Waals surface area contributed by atoms with Crippen LogP contribution >= 0.6 is 0 Å². The van der Waals surface area contributed by atoms with Crippen LogP contribution < -0.4 is 10.1 Å². The molecular formula is C14H22NO2+. The molecule has 3 nitrogen and oxygen atoms in total. The maximum atomic E-state index is 9.18. The number of hydrogen-bond acceptors (Lipinski definition) is 2. The second-order valence-corrected chi connectivity index (χ2v) is 4.80. The van der Waals surface area contributed by atoms with Crippen molar-refractivity contribution in [1.82, 2.24) is 0 Å². The molecule has 17 heavy (non-hydrogen) atoms. The van der Waals surface area contributed by atoms with Gasteiger partial charge in [-0.25, -0.2) is 0 Å². The van der Waals surface area contributed by atoms with E-state index in [0.29, 0.717) is 6.61 Å². The molecule has 0 spiro atoms. The quantitative estimate of drug-likeness (QED) is 0.696. The molecule has 3 N–H and O–H groups in total. The van der Waals surface area contributed by atoms with E-state index in [1.807, 2.05) is 32.0 Å². The third-order valence-corrected chi connectivity index (χ3v) is 2.56. The molecule has 0 bridgehead atoms. The minimum atomic E-state index is -0.141. The van der Waals surface area contributed by atoms with Gasteiger partial charge in [0.05, 0.1) is 6.61 Å². The van der Waals surface area contributed by atoms with Crippen LogP contribution in [0.4, 0.5) is 0 Å². The van der Waals surface area contributed by atoms with Crippen molar-refractivity contribution >= 4 is 0 Å². The number of ether oxygens (including phenoxy) is 1. The van der Waals surface area contributed by atoms with Gasteiger partial charge in [0, 0.05) is 5.56 Å². The van der Waals surface area contributed by atoms with Crippen LogP contribution in [-0.4, -0.2) is 23.9 Å². The monoisotopic (exact) mass is 236 g/mol. The van der Waals surface area contributed by atoms with Gasteiger partial charge in [0.1, 0.15) is 24.4 Å². The van der Waals surface area contributed by atoms with E-state index in [1.54, 1.807) is 6.08 Å². The first kappa shape index (κ1) is 13.7. The molecule has 0 unspecified atom stereocenters. The summed E-state index contributed by atoms with van der Waals surface area (Å²) in [6, 6.07) is 8.00. The number of hydrogen-bond donors (Lipinski definition) is 2. The highest BCUT2D eigenvalue weighted by molar-refractivity contribution is 5.28. The van der Waals surface area contributed by atoms with Gasteiger partial charge in [-0.15, -0.1) is 0 Å². The van der Waals surface area contributed by atoms with E-state index in [4.69, 9.17) is 4.74 Å². The molecule has 0 saturated carbocycles. The second kappa shape index (κ2) is 6.42. The van der Waals surface area contributed by atoms with Crippen molar-refractivity contribution in [2.45, 2.75) is 25.9 Å². The summed E-state index contributed by atoms with van der Waals surface area (Å²) >= 11 is 0. The fraction of sp³-hybridized carbons (Fsp3) is 0.429. The van der Waals surface area contributed by atoms with Crippen LogP contribution in [0.2, 0.25) is 0 Å². The van der Waals surface area contributed by atoms with Gasteiger partial charge in [-0.05, 0) is 26.0 Å². The maximum Gasteiger partial charge on any atom is 0.120 e. The zero-order valence-corrected chi connectivity index (χ0v) is 10.6. The number of rotatable bonds is 7. The van der Waals surface area contributed by atoms with Gasteiger partial charge < -0.3 is 15.2 Å². The topological polar surface area (TPSA) is 46.1 Å². The summed E-state index contributed by atoms with van der Waals surface area (Å²) in [5.41, 5.74) is 1.05. The van der Waals surface area contributed by atoms with Gasteiger partial charge in [-0.3, -0.25) is 0 Å². The first-order chi connectivity index (χ1) is 8.07. The average molecular weight is 236 g/mol. The van der Waals surface area contributed by atoms with Gasteiger partial charge in [0.2, 0.25) is 0 Å². The van der Waals surface area contributed by atoms with E-state index in [2.05, 4.69) is 18.0 Å². The first-order valence-corrected chi connectivity index (χ1v) is 5.85. The molecular weight excluding hydrogens is 214 g/mol. The molecule has 0 fully saturated rings. The Labute approximate surface area is 103 Å². The lowest BCUT2D eigenvalue weighted by molar-refractivity contribution is -0.736. The van der Waals surface area contributed by atoms with Gasteiger partial charge >= 0.3 is 0 Å². The standard InChI is InChI=1S/C14H21NO2/c1-4-8-17-13-7-5-6-12(9-13)10-15-14(2,3)11-16/h4-7,9,15-16H,1,8,10-11H2,2-3H3/p+1. The zero-order valence-electron chi connectivity index (χ0n) is 10.6. The lowest BCUT2D eigenvalue weighted by Gasteiger charge is -2.19. The minimum Gasteiger partial charge on any atom is -0.490 e. The van der Waals surface area contributed by atoms with Crippen LogP contribution in [0.3, 0.4) is 0 Å². The van der Waals surface area contributed by atoms with E-state index < -0.39 is 0 Å². The highest BCUT2D eigenvalue weighted by atomic mass is 16.5. The fourth-order valence-corrected chi connectivity index (χ4v) is 1.38. The molecule has 0 heterocycles. The van der Waals surface area contributed by atoms with Gasteiger partial charge in [0.15, 0.2) is 0 Å². The molecule has 0 aliphatic carbocycles. The SMILES string of the molecule is C=CCOc1cccc(C[NH2+]C(C)(C)CO)c1. The molecule has 0 radical (unpaired) electrons. The summed E-state index contributed by atoms with van der Waals surface area (Å²) in [7, 11) is 0. The Bertz CT molecular complexity index is 361. The van der Waals surface area contributed by atoms with E-state index in [-0.39, 0.29) is 12.1 Å². The zero-order chi connectivity index (χ0) is 12.7. The third kappa shape index (κ3) is 5.02. The lowest BCUT2D eigenvalue weighted by atomic mass is 10.1. The molecule has 3 heteroatoms. The van der Waals surface area contributed by atoms with Crippen LogP contribution in [0, 0.1) is 0 Å². The molecule has 0 amide bonds. The number of quaternary nitrogens is 1. The number of aliphatic hydroxyl groups excluding tert-OH is 1. The third-order valence-electron chi connectivity index (χ3n) is 2.56. The summed E-state index contributed by atoms with van der Waals surface area (Å²) in [6.45, 7) is 9.18. The summed E-state index contributed by atoms with van der Waals surface area (Å²) in [5, 5.41) is 11.3. The van der Waals surface area contributed by atoms with E-state index in [1.165, 1.54) is 5.56 Å². The molecule has 0 aliphatic heterocycles. The summed E-state index contributed by atoms with van der Waals surface area (Å²) in [5.74, 6) is 0.859. The predicted molar refractivity (Wildman–Crippen MR) is 68.9 cm³/mol. The summed E-state index contributed by atoms with van der Waals surface area (Å²) in [4.78, 5) is 0. The highest BCUT2D eigenvalue weighted by Gasteiger charge is 2.19. The molecule has 0 aliphatic rings. The highest BCUT2D eigenvalue weighted by Crippen LogP contribution is 2.12. The number of aliphatic hydroxyl groups is 1. The van der Waals surface area contributed by atoms with Gasteiger partial charge in [0.25, 0.3) is 0 Å². The fourth-order valence-electron chi connectivity index (χ4n) is 1.38. The van der Waals surface area contributed by atoms with Crippen molar-refractivity contribution in [3.8, 4) is 5.75 Å². The second-order valence-electron chi connectivity index (χ2n) is 4.80. The van der Waals surface area contributed by atoms with Crippen molar-refractivity contribution in [2.24, 2.45) is 0 Å². The van der Waals surface area contributed by atoms with Crippen LogP contribution in [0.25, 0.3) is 0 Å². The van der Waals surface area contributed by atoms with Gasteiger partial charge in [-0.2, -0.15) is 0 Å². The van der Waals surface area contributed by atoms with Crippen molar-refractivity contribution in [1.29, 1.82) is 0 Å². The van der Waals surface area contributed by atoms with Gasteiger partial charge in [-0.1, -0.05) is 24.8 Å². The minimum absolute atomic E-state index is 0.141. The summed E-state index contributed by atoms with van der Waals surface area (Å²) in [6.07, 6.45) is 1.73. The first-order valence-electron chi connectivity index (χ1n) is 5.85. The predicted octanol–water partition coefficient (Wildman–Crippen LogP) is 1.09. The number of nitrogens with two attached hydrogens (primary N) is 1. The molecule has 0 atom stereocenters. The Balaban J connectivity index is 2.56. The van der Waals surface area contributed by atoms with Crippen LogP contribution in [0.5, 0.6) is 5.75 Å². The Kier molecular flexibility index (Phi) is 5.19. The van der Waals surface area contributed by atoms with Crippen molar-refractivity contribution in [3.05, 3.63) is 42.5 Å². The van der Waals surface area contributed by atoms with Crippen LogP contribution in [0.1, 0.15) is 19.4 Å². The van der Waals surface area contributed by atoms with E-state index in [9.17, 15) is 5.11 Å². The van der Waals surface area contributed by atoms with Crippen molar-refractivity contribution in [3.63, 3.8) is 0 Å². The normalized spacial score (nSPS) is 11.2. The molecule has 1 aromatic rings. The van der Waals surface area contributed by atoms with Crippen molar-refractivity contribution in [2.75, 3.05) is 13.2 Å². The van der Waals surface area contributed by atoms with Crippen LogP contribution in [0.15, 0.2) is 36.9 Å². The van der Waals surface area contributed by atoms with E-state index in [0.717, 1.165) is 12.3 Å². The Hall–Kier alpha value is -1.32. The smallest absolute Gasteiger partial charge is 0.120 e.